The van der Waals surface area contributed by atoms with Gasteiger partial charge in [-0.2, -0.15) is 0 Å². The summed E-state index contributed by atoms with van der Waals surface area (Å²) in [6.07, 6.45) is 1.68. The Morgan fingerprint density at radius 3 is 2.54 bits per heavy atom. The number of aromatic amines is 1. The van der Waals surface area contributed by atoms with Crippen molar-refractivity contribution < 1.29 is 29.2 Å². The van der Waals surface area contributed by atoms with E-state index >= 15 is 0 Å². The third-order valence-electron chi connectivity index (χ3n) is 7.52. The van der Waals surface area contributed by atoms with Gasteiger partial charge in [-0.05, 0) is 43.2 Å². The van der Waals surface area contributed by atoms with Crippen molar-refractivity contribution in [3.8, 4) is 17.1 Å². The first-order valence-electron chi connectivity index (χ1n) is 12.1. The number of benzene rings is 1. The summed E-state index contributed by atoms with van der Waals surface area (Å²) in [6, 6.07) is 11.9. The number of nitrogens with zero attached hydrogens (tertiary/aromatic N) is 1. The highest BCUT2D eigenvalue weighted by Crippen LogP contribution is 2.38. The lowest BCUT2D eigenvalue weighted by molar-refractivity contribution is -0.142. The molecule has 0 amide bonds. The molecule has 35 heavy (non-hydrogen) atoms. The number of ether oxygens (including phenoxy) is 3. The van der Waals surface area contributed by atoms with Crippen LogP contribution in [0.4, 0.5) is 0 Å². The van der Waals surface area contributed by atoms with Gasteiger partial charge in [-0.25, -0.2) is 4.98 Å². The van der Waals surface area contributed by atoms with Gasteiger partial charge in [0.2, 0.25) is 0 Å². The fourth-order valence-corrected chi connectivity index (χ4v) is 5.83. The van der Waals surface area contributed by atoms with E-state index in [0.717, 1.165) is 42.3 Å². The van der Waals surface area contributed by atoms with Crippen LogP contribution < -0.4 is 4.74 Å². The molecule has 3 fully saturated rings. The molecule has 184 valence electrons. The van der Waals surface area contributed by atoms with Crippen LogP contribution in [0.2, 0.25) is 5.02 Å². The lowest BCUT2D eigenvalue weighted by Gasteiger charge is -2.26. The predicted octanol–water partition coefficient (Wildman–Crippen LogP) is 4.15. The lowest BCUT2D eigenvalue weighted by Crippen LogP contribution is -2.34. The lowest BCUT2D eigenvalue weighted by atomic mass is 9.78. The van der Waals surface area contributed by atoms with Crippen LogP contribution in [0.1, 0.15) is 37.2 Å². The van der Waals surface area contributed by atoms with Crippen LogP contribution in [-0.4, -0.2) is 63.8 Å². The Bertz CT molecular complexity index is 1240. The summed E-state index contributed by atoms with van der Waals surface area (Å²) in [5.74, 6) is 0.0429. The van der Waals surface area contributed by atoms with Gasteiger partial charge in [-0.15, -0.1) is 0 Å². The summed E-state index contributed by atoms with van der Waals surface area (Å²) in [6.45, 7) is 0.607. The number of carbonyl (C=O) groups is 1. The summed E-state index contributed by atoms with van der Waals surface area (Å²) in [4.78, 5) is 19.2. The van der Waals surface area contributed by atoms with Crippen molar-refractivity contribution in [2.24, 2.45) is 5.92 Å². The molecule has 1 aromatic carbocycles. The van der Waals surface area contributed by atoms with Crippen molar-refractivity contribution in [2.75, 3.05) is 13.2 Å². The van der Waals surface area contributed by atoms with Crippen LogP contribution in [0.3, 0.4) is 0 Å². The van der Waals surface area contributed by atoms with Crippen molar-refractivity contribution in [3.63, 3.8) is 0 Å². The number of nitrogens with one attached hydrogen (secondary N) is 1. The molecule has 0 spiro atoms. The SMILES string of the molecule is O=C(O)C1CCC(c2ccc(-c3nc4cc(O[C@@H]5CO[C@H]6[C@@H]5OC[C@H]6O)[nH]c4cc3Cl)cc2)CC1. The van der Waals surface area contributed by atoms with Crippen LogP contribution in [0.5, 0.6) is 5.88 Å². The summed E-state index contributed by atoms with van der Waals surface area (Å²) in [5.41, 5.74) is 4.34. The van der Waals surface area contributed by atoms with Crippen molar-refractivity contribution >= 4 is 28.6 Å². The number of pyridine rings is 1. The number of fused-ring (bicyclic) bond motifs is 2. The second kappa shape index (κ2) is 9.09. The maximum atomic E-state index is 11.2. The van der Waals surface area contributed by atoms with Gasteiger partial charge < -0.3 is 29.4 Å². The van der Waals surface area contributed by atoms with Crippen LogP contribution in [0, 0.1) is 5.92 Å². The Morgan fingerprint density at radius 2 is 1.80 bits per heavy atom. The molecule has 0 bridgehead atoms. The smallest absolute Gasteiger partial charge is 0.306 e. The highest BCUT2D eigenvalue weighted by molar-refractivity contribution is 6.33. The molecular formula is C26H27ClN2O6. The van der Waals surface area contributed by atoms with E-state index in [0.29, 0.717) is 29.1 Å². The average molecular weight is 499 g/mol. The van der Waals surface area contributed by atoms with E-state index in [1.54, 1.807) is 0 Å². The minimum Gasteiger partial charge on any atom is -0.481 e. The first-order valence-corrected chi connectivity index (χ1v) is 12.4. The number of hydrogen-bond acceptors (Lipinski definition) is 6. The van der Waals surface area contributed by atoms with Crippen molar-refractivity contribution in [2.45, 2.75) is 56.0 Å². The summed E-state index contributed by atoms with van der Waals surface area (Å²) in [5, 5.41) is 19.7. The Labute approximate surface area is 207 Å². The largest absolute Gasteiger partial charge is 0.481 e. The Morgan fingerprint density at radius 1 is 1.06 bits per heavy atom. The number of hydrogen-bond donors (Lipinski definition) is 3. The fourth-order valence-electron chi connectivity index (χ4n) is 5.57. The molecule has 6 rings (SSSR count). The normalized spacial score (nSPS) is 30.5. The van der Waals surface area contributed by atoms with E-state index in [-0.39, 0.29) is 30.8 Å². The highest BCUT2D eigenvalue weighted by atomic mass is 35.5. The summed E-state index contributed by atoms with van der Waals surface area (Å²) < 4.78 is 17.3. The zero-order valence-electron chi connectivity index (χ0n) is 19.0. The number of H-pyrrole nitrogens is 1. The Kier molecular flexibility index (Phi) is 5.92. The minimum absolute atomic E-state index is 0.213. The predicted molar refractivity (Wildman–Crippen MR) is 129 cm³/mol. The molecule has 2 saturated heterocycles. The average Bonchev–Trinajstić information content (AvgIpc) is 3.55. The Balaban J connectivity index is 1.18. The number of aliphatic hydroxyl groups excluding tert-OH is 1. The van der Waals surface area contributed by atoms with Crippen molar-refractivity contribution in [3.05, 3.63) is 47.0 Å². The van der Waals surface area contributed by atoms with Crippen molar-refractivity contribution in [1.29, 1.82) is 0 Å². The summed E-state index contributed by atoms with van der Waals surface area (Å²) >= 11 is 6.59. The molecule has 4 heterocycles. The molecule has 2 aliphatic heterocycles. The molecule has 1 aliphatic carbocycles. The first kappa shape index (κ1) is 22.8. The molecule has 3 aromatic rings. The maximum Gasteiger partial charge on any atom is 0.306 e. The molecule has 0 unspecified atom stereocenters. The fraction of sp³-hybridized carbons (Fsp3) is 0.462. The number of carboxylic acids is 1. The number of aromatic nitrogens is 2. The van der Waals surface area contributed by atoms with E-state index < -0.39 is 12.1 Å². The van der Waals surface area contributed by atoms with Crippen LogP contribution in [0.25, 0.3) is 22.3 Å². The molecule has 8 nitrogen and oxygen atoms in total. The van der Waals surface area contributed by atoms with Crippen LogP contribution >= 0.6 is 11.6 Å². The van der Waals surface area contributed by atoms with Gasteiger partial charge in [0.25, 0.3) is 0 Å². The third-order valence-corrected chi connectivity index (χ3v) is 7.81. The maximum absolute atomic E-state index is 11.2. The molecule has 1 saturated carbocycles. The van der Waals surface area contributed by atoms with Gasteiger partial charge in [0.05, 0.1) is 40.9 Å². The van der Waals surface area contributed by atoms with E-state index in [2.05, 4.69) is 17.1 Å². The molecule has 4 atom stereocenters. The topological polar surface area (TPSA) is 114 Å². The number of halogens is 1. The van der Waals surface area contributed by atoms with Gasteiger partial charge in [-0.1, -0.05) is 35.9 Å². The van der Waals surface area contributed by atoms with E-state index in [1.165, 1.54) is 5.56 Å². The molecule has 0 radical (unpaired) electrons. The second-order valence-electron chi connectivity index (χ2n) is 9.71. The quantitative estimate of drug-likeness (QED) is 0.484. The molecule has 2 aromatic heterocycles. The van der Waals surface area contributed by atoms with Crippen LogP contribution in [-0.2, 0) is 14.3 Å². The van der Waals surface area contributed by atoms with Gasteiger partial charge in [0, 0.05) is 11.6 Å². The zero-order valence-corrected chi connectivity index (χ0v) is 19.8. The van der Waals surface area contributed by atoms with Gasteiger partial charge in [-0.3, -0.25) is 4.79 Å². The number of rotatable bonds is 5. The zero-order chi connectivity index (χ0) is 24.1. The Hall–Kier alpha value is -2.65. The third kappa shape index (κ3) is 4.29. The molecule has 3 N–H and O–H groups in total. The second-order valence-corrected chi connectivity index (χ2v) is 10.1. The van der Waals surface area contributed by atoms with Gasteiger partial charge in [0.1, 0.15) is 18.3 Å². The minimum atomic E-state index is -0.681. The molecule has 3 aliphatic rings. The monoisotopic (exact) mass is 498 g/mol. The van der Waals surface area contributed by atoms with Gasteiger partial charge >= 0.3 is 5.97 Å². The number of aliphatic hydroxyl groups is 1. The van der Waals surface area contributed by atoms with E-state index in [9.17, 15) is 15.0 Å². The van der Waals surface area contributed by atoms with Crippen LogP contribution in [0.15, 0.2) is 36.4 Å². The van der Waals surface area contributed by atoms with Crippen molar-refractivity contribution in [1.82, 2.24) is 9.97 Å². The number of carboxylic acid groups (broad SMARTS) is 1. The first-order chi connectivity index (χ1) is 17.0. The van der Waals surface area contributed by atoms with Gasteiger partial charge in [0.15, 0.2) is 12.0 Å². The highest BCUT2D eigenvalue weighted by Gasteiger charge is 2.48. The molecule has 9 heteroatoms. The number of aliphatic carboxylic acids is 1. The standard InChI is InChI=1S/C26H27ClN2O6/c27-17-9-18-19(10-22(28-18)35-21-12-34-24-20(30)11-33-25(21)24)29-23(17)15-5-1-13(2-6-15)14-3-7-16(8-4-14)26(31)32/h1-2,5-6,9-10,14,16,20-21,24-25,28,30H,3-4,7-8,11-12H2,(H,31,32)/t14?,16?,20-,21-,24-,25-/m1/s1. The van der Waals surface area contributed by atoms with E-state index in [1.807, 2.05) is 24.3 Å². The molecular weight excluding hydrogens is 472 g/mol. The van der Waals surface area contributed by atoms with E-state index in [4.69, 9.17) is 30.8 Å². The summed E-state index contributed by atoms with van der Waals surface area (Å²) in [7, 11) is 0.